The third-order valence-corrected chi connectivity index (χ3v) is 5.07. The molecule has 1 heterocycles. The zero-order valence-electron chi connectivity index (χ0n) is 17.4. The fourth-order valence-corrected chi connectivity index (χ4v) is 3.35. The van der Waals surface area contributed by atoms with Gasteiger partial charge in [0.1, 0.15) is 5.82 Å². The molecule has 31 heavy (non-hydrogen) atoms. The monoisotopic (exact) mass is 424 g/mol. The number of hydrogen-bond acceptors (Lipinski definition) is 4. The van der Waals surface area contributed by atoms with Crippen molar-refractivity contribution in [3.8, 4) is 0 Å². The van der Waals surface area contributed by atoms with E-state index in [-0.39, 0.29) is 17.8 Å². The van der Waals surface area contributed by atoms with Crippen LogP contribution in [0.25, 0.3) is 11.6 Å². The minimum Gasteiger partial charge on any atom is -0.469 e. The van der Waals surface area contributed by atoms with E-state index in [0.717, 1.165) is 31.2 Å². The molecule has 0 saturated heterocycles. The highest BCUT2D eigenvalue weighted by molar-refractivity contribution is 6.34. The molecule has 0 unspecified atom stereocenters. The van der Waals surface area contributed by atoms with Crippen LogP contribution in [-0.2, 0) is 14.3 Å². The molecule has 2 aromatic rings. The predicted octanol–water partition coefficient (Wildman–Crippen LogP) is 4.17. The van der Waals surface area contributed by atoms with Gasteiger partial charge in [-0.15, -0.1) is 0 Å². The second kappa shape index (κ2) is 10.5. The Morgan fingerprint density at radius 2 is 1.81 bits per heavy atom. The Morgan fingerprint density at radius 3 is 2.55 bits per heavy atom. The number of amides is 2. The highest BCUT2D eigenvalue weighted by Gasteiger charge is 2.24. The predicted molar refractivity (Wildman–Crippen MR) is 117 cm³/mol. The molecule has 3 rings (SSSR count). The molecule has 0 aromatic heterocycles. The number of unbranched alkanes of at least 4 members (excludes halogenated alkanes) is 3. The maximum Gasteiger partial charge on any atom is 0.305 e. The number of carbonyl (C=O) groups is 3. The third kappa shape index (κ3) is 6.01. The molecule has 0 atom stereocenters. The minimum atomic E-state index is -0.406. The van der Waals surface area contributed by atoms with Crippen molar-refractivity contribution >= 4 is 35.1 Å². The van der Waals surface area contributed by atoms with E-state index in [9.17, 15) is 18.8 Å². The first-order valence-corrected chi connectivity index (χ1v) is 10.3. The van der Waals surface area contributed by atoms with Crippen LogP contribution in [0.2, 0.25) is 0 Å². The zero-order chi connectivity index (χ0) is 22.2. The number of hydrogen-bond donors (Lipinski definition) is 2. The van der Waals surface area contributed by atoms with E-state index in [4.69, 9.17) is 0 Å². The summed E-state index contributed by atoms with van der Waals surface area (Å²) in [6.45, 7) is 0.561. The van der Waals surface area contributed by atoms with Gasteiger partial charge in [0, 0.05) is 35.4 Å². The van der Waals surface area contributed by atoms with Gasteiger partial charge in [-0.2, -0.15) is 0 Å². The van der Waals surface area contributed by atoms with E-state index < -0.39 is 5.82 Å². The van der Waals surface area contributed by atoms with Crippen molar-refractivity contribution in [3.05, 3.63) is 65.0 Å². The van der Waals surface area contributed by atoms with Gasteiger partial charge in [0.2, 0.25) is 0 Å². The van der Waals surface area contributed by atoms with E-state index in [1.807, 2.05) is 0 Å². The number of carbonyl (C=O) groups excluding carboxylic acids is 3. The Kier molecular flexibility index (Phi) is 7.54. The van der Waals surface area contributed by atoms with Crippen molar-refractivity contribution in [3.63, 3.8) is 0 Å². The summed E-state index contributed by atoms with van der Waals surface area (Å²) in [6.07, 6.45) is 5.56. The number of ether oxygens (including phenoxy) is 1. The van der Waals surface area contributed by atoms with Crippen LogP contribution in [0, 0.1) is 5.82 Å². The summed E-state index contributed by atoms with van der Waals surface area (Å²) in [5.41, 5.74) is 2.76. The van der Waals surface area contributed by atoms with E-state index >= 15 is 0 Å². The molecule has 0 radical (unpaired) electrons. The van der Waals surface area contributed by atoms with Crippen molar-refractivity contribution in [2.24, 2.45) is 0 Å². The maximum absolute atomic E-state index is 13.5. The number of rotatable bonds is 9. The Balaban J connectivity index is 1.50. The number of benzene rings is 2. The lowest BCUT2D eigenvalue weighted by Crippen LogP contribution is -2.24. The van der Waals surface area contributed by atoms with Crippen molar-refractivity contribution in [2.45, 2.75) is 32.1 Å². The van der Waals surface area contributed by atoms with Crippen LogP contribution in [0.5, 0.6) is 0 Å². The lowest BCUT2D eigenvalue weighted by Gasteiger charge is -2.06. The second-order valence-corrected chi connectivity index (χ2v) is 7.32. The summed E-state index contributed by atoms with van der Waals surface area (Å²) >= 11 is 0. The fraction of sp³-hybridized carbons (Fsp3) is 0.292. The van der Waals surface area contributed by atoms with E-state index in [0.29, 0.717) is 35.4 Å². The molecule has 2 N–H and O–H groups in total. The summed E-state index contributed by atoms with van der Waals surface area (Å²) in [5, 5.41) is 5.59. The van der Waals surface area contributed by atoms with E-state index in [2.05, 4.69) is 15.4 Å². The summed E-state index contributed by atoms with van der Waals surface area (Å²) in [7, 11) is 1.38. The highest BCUT2D eigenvalue weighted by Crippen LogP contribution is 2.33. The Hall–Kier alpha value is -3.48. The first-order chi connectivity index (χ1) is 15.0. The number of fused-ring (bicyclic) bond motifs is 1. The van der Waals surface area contributed by atoms with E-state index in [1.165, 1.54) is 25.3 Å². The van der Waals surface area contributed by atoms with Crippen molar-refractivity contribution in [2.75, 3.05) is 19.0 Å². The topological polar surface area (TPSA) is 84.5 Å². The fourth-order valence-electron chi connectivity index (χ4n) is 3.35. The Bertz CT molecular complexity index is 999. The average molecular weight is 424 g/mol. The normalized spacial score (nSPS) is 13.6. The first kappa shape index (κ1) is 22.2. The molecule has 0 spiro atoms. The zero-order valence-corrected chi connectivity index (χ0v) is 17.4. The first-order valence-electron chi connectivity index (χ1n) is 10.3. The van der Waals surface area contributed by atoms with Gasteiger partial charge >= 0.3 is 5.97 Å². The molecular formula is C24H25FN2O4. The molecule has 162 valence electrons. The van der Waals surface area contributed by atoms with Crippen LogP contribution in [0.1, 0.15) is 53.6 Å². The second-order valence-electron chi connectivity index (χ2n) is 7.32. The van der Waals surface area contributed by atoms with Gasteiger partial charge in [-0.3, -0.25) is 14.4 Å². The third-order valence-electron chi connectivity index (χ3n) is 5.07. The SMILES string of the molecule is COC(=O)CCCCCCNC(=O)c1ccc(/C=C2\C(=O)Nc3ccc(F)cc32)cc1. The molecule has 1 aliphatic rings. The van der Waals surface area contributed by atoms with Crippen LogP contribution in [0.4, 0.5) is 10.1 Å². The number of halogens is 1. The van der Waals surface area contributed by atoms with Crippen molar-refractivity contribution in [1.29, 1.82) is 0 Å². The molecule has 7 heteroatoms. The quantitative estimate of drug-likeness (QED) is 0.359. The van der Waals surface area contributed by atoms with Crippen molar-refractivity contribution in [1.82, 2.24) is 5.32 Å². The summed E-state index contributed by atoms with van der Waals surface area (Å²) in [5.74, 6) is -1.05. The smallest absolute Gasteiger partial charge is 0.305 e. The van der Waals surface area contributed by atoms with Gasteiger partial charge in [0.15, 0.2) is 0 Å². The van der Waals surface area contributed by atoms with E-state index in [1.54, 1.807) is 30.3 Å². The molecule has 2 aromatic carbocycles. The molecule has 6 nitrogen and oxygen atoms in total. The number of methoxy groups -OCH3 is 1. The number of anilines is 1. The molecule has 0 bridgehead atoms. The standard InChI is InChI=1S/C24H25FN2O4/c1-31-22(28)6-4-2-3-5-13-26-23(29)17-9-7-16(8-10-17)14-20-19-15-18(25)11-12-21(19)27-24(20)30/h7-12,14-15H,2-6,13H2,1H3,(H,26,29)(H,27,30)/b20-14-. The van der Waals surface area contributed by atoms with Crippen LogP contribution >= 0.6 is 0 Å². The van der Waals surface area contributed by atoms with Gasteiger partial charge in [0.05, 0.1) is 7.11 Å². The minimum absolute atomic E-state index is 0.167. The largest absolute Gasteiger partial charge is 0.469 e. The van der Waals surface area contributed by atoms with Gasteiger partial charge in [0.25, 0.3) is 11.8 Å². The summed E-state index contributed by atoms with van der Waals surface area (Å²) < 4.78 is 18.1. The van der Waals surface area contributed by atoms with Gasteiger partial charge in [-0.25, -0.2) is 4.39 Å². The maximum atomic E-state index is 13.5. The van der Waals surface area contributed by atoms with Crippen LogP contribution in [0.3, 0.4) is 0 Å². The molecule has 0 fully saturated rings. The Labute approximate surface area is 180 Å². The Morgan fingerprint density at radius 1 is 1.06 bits per heavy atom. The molecule has 0 saturated carbocycles. The average Bonchev–Trinajstić information content (AvgIpc) is 3.07. The van der Waals surface area contributed by atoms with Crippen LogP contribution in [0.15, 0.2) is 42.5 Å². The van der Waals surface area contributed by atoms with Gasteiger partial charge < -0.3 is 15.4 Å². The molecular weight excluding hydrogens is 399 g/mol. The molecule has 2 amide bonds. The van der Waals surface area contributed by atoms with Crippen LogP contribution in [-0.4, -0.2) is 31.4 Å². The number of esters is 1. The lowest BCUT2D eigenvalue weighted by molar-refractivity contribution is -0.140. The highest BCUT2D eigenvalue weighted by atomic mass is 19.1. The number of nitrogens with one attached hydrogen (secondary N) is 2. The summed E-state index contributed by atoms with van der Waals surface area (Å²) in [6, 6.07) is 11.1. The summed E-state index contributed by atoms with van der Waals surface area (Å²) in [4.78, 5) is 35.5. The van der Waals surface area contributed by atoms with Crippen molar-refractivity contribution < 1.29 is 23.5 Å². The van der Waals surface area contributed by atoms with Gasteiger partial charge in [-0.1, -0.05) is 25.0 Å². The van der Waals surface area contributed by atoms with Crippen LogP contribution < -0.4 is 10.6 Å². The molecule has 1 aliphatic heterocycles. The van der Waals surface area contributed by atoms with Gasteiger partial charge in [-0.05, 0) is 54.8 Å². The lowest BCUT2D eigenvalue weighted by atomic mass is 10.0. The molecule has 0 aliphatic carbocycles.